The summed E-state index contributed by atoms with van der Waals surface area (Å²) in [7, 11) is 4.37. The summed E-state index contributed by atoms with van der Waals surface area (Å²) in [5.74, 6) is 0. The van der Waals surface area contributed by atoms with Crippen molar-refractivity contribution in [3.8, 4) is 0 Å². The Morgan fingerprint density at radius 3 is 2.76 bits per heavy atom. The Bertz CT molecular complexity index is 467. The normalized spacial score (nSPS) is 22.4. The summed E-state index contributed by atoms with van der Waals surface area (Å²) in [6.07, 6.45) is 1.10. The Morgan fingerprint density at radius 1 is 1.29 bits per heavy atom. The SMILES string of the molecule is CCCNC(c1cccc(Cl)c1Cl)C1CN(C)CCN1C. The van der Waals surface area contributed by atoms with Gasteiger partial charge in [-0.25, -0.2) is 0 Å². The molecule has 0 amide bonds. The molecule has 0 radical (unpaired) electrons. The predicted octanol–water partition coefficient (Wildman–Crippen LogP) is 3.28. The molecular weight excluding hydrogens is 305 g/mol. The summed E-state index contributed by atoms with van der Waals surface area (Å²) in [5, 5.41) is 4.97. The Labute approximate surface area is 138 Å². The highest BCUT2D eigenvalue weighted by atomic mass is 35.5. The predicted molar refractivity (Wildman–Crippen MR) is 91.4 cm³/mol. The van der Waals surface area contributed by atoms with Crippen LogP contribution in [0.15, 0.2) is 18.2 Å². The molecule has 0 aromatic heterocycles. The van der Waals surface area contributed by atoms with Gasteiger partial charge in [0.1, 0.15) is 0 Å². The molecule has 0 spiro atoms. The molecule has 0 bridgehead atoms. The smallest absolute Gasteiger partial charge is 0.0640 e. The van der Waals surface area contributed by atoms with Gasteiger partial charge < -0.3 is 10.2 Å². The number of rotatable bonds is 5. The van der Waals surface area contributed by atoms with E-state index in [1.807, 2.05) is 12.1 Å². The van der Waals surface area contributed by atoms with E-state index in [2.05, 4.69) is 42.2 Å². The minimum Gasteiger partial charge on any atom is -0.309 e. The third kappa shape index (κ3) is 4.11. The van der Waals surface area contributed by atoms with Crippen molar-refractivity contribution < 1.29 is 0 Å². The minimum atomic E-state index is 0.198. The van der Waals surface area contributed by atoms with Gasteiger partial charge >= 0.3 is 0 Å². The van der Waals surface area contributed by atoms with Crippen LogP contribution in [0.4, 0.5) is 0 Å². The van der Waals surface area contributed by atoms with Crippen LogP contribution in [-0.4, -0.2) is 56.1 Å². The van der Waals surface area contributed by atoms with Gasteiger partial charge in [0.25, 0.3) is 0 Å². The van der Waals surface area contributed by atoms with Crippen molar-refractivity contribution in [2.24, 2.45) is 0 Å². The van der Waals surface area contributed by atoms with Gasteiger partial charge in [-0.1, -0.05) is 42.3 Å². The maximum absolute atomic E-state index is 6.47. The Balaban J connectivity index is 2.30. The second-order valence-electron chi connectivity index (χ2n) is 5.89. The lowest BCUT2D eigenvalue weighted by Gasteiger charge is -2.42. The van der Waals surface area contributed by atoms with E-state index in [-0.39, 0.29) is 6.04 Å². The van der Waals surface area contributed by atoms with Gasteiger partial charge in [0.15, 0.2) is 0 Å². The summed E-state index contributed by atoms with van der Waals surface area (Å²) < 4.78 is 0. The first kappa shape index (κ1) is 17.0. The van der Waals surface area contributed by atoms with Gasteiger partial charge in [-0.2, -0.15) is 0 Å². The second-order valence-corrected chi connectivity index (χ2v) is 6.67. The van der Waals surface area contributed by atoms with Gasteiger partial charge in [-0.15, -0.1) is 0 Å². The van der Waals surface area contributed by atoms with Crippen LogP contribution in [0.1, 0.15) is 24.9 Å². The highest BCUT2D eigenvalue weighted by molar-refractivity contribution is 6.42. The highest BCUT2D eigenvalue weighted by Gasteiger charge is 2.31. The summed E-state index contributed by atoms with van der Waals surface area (Å²) in [6, 6.07) is 6.51. The summed E-state index contributed by atoms with van der Waals surface area (Å²) in [5.41, 5.74) is 1.10. The van der Waals surface area contributed by atoms with E-state index in [1.54, 1.807) is 0 Å². The number of hydrogen-bond acceptors (Lipinski definition) is 3. The number of likely N-dealkylation sites (N-methyl/N-ethyl adjacent to an activating group) is 2. The summed E-state index contributed by atoms with van der Waals surface area (Å²) in [4.78, 5) is 4.80. The fraction of sp³-hybridized carbons (Fsp3) is 0.625. The monoisotopic (exact) mass is 329 g/mol. The summed E-state index contributed by atoms with van der Waals surface area (Å²) in [6.45, 7) is 6.36. The van der Waals surface area contributed by atoms with Crippen molar-refractivity contribution in [2.75, 3.05) is 40.3 Å². The van der Waals surface area contributed by atoms with Crippen LogP contribution in [0.3, 0.4) is 0 Å². The van der Waals surface area contributed by atoms with E-state index < -0.39 is 0 Å². The fourth-order valence-corrected chi connectivity index (χ4v) is 3.34. The number of nitrogens with zero attached hydrogens (tertiary/aromatic N) is 2. The lowest BCUT2D eigenvalue weighted by Crippen LogP contribution is -2.55. The average Bonchev–Trinajstić information content (AvgIpc) is 2.47. The van der Waals surface area contributed by atoms with Crippen molar-refractivity contribution >= 4 is 23.2 Å². The lowest BCUT2D eigenvalue weighted by atomic mass is 9.96. The maximum atomic E-state index is 6.47. The number of piperazine rings is 1. The first-order chi connectivity index (χ1) is 10.0. The van der Waals surface area contributed by atoms with E-state index in [4.69, 9.17) is 23.2 Å². The van der Waals surface area contributed by atoms with E-state index in [0.29, 0.717) is 16.1 Å². The molecule has 1 N–H and O–H groups in total. The molecule has 0 saturated carbocycles. The van der Waals surface area contributed by atoms with Gasteiger partial charge in [0, 0.05) is 25.7 Å². The number of nitrogens with one attached hydrogen (secondary N) is 1. The van der Waals surface area contributed by atoms with Crippen molar-refractivity contribution in [1.82, 2.24) is 15.1 Å². The molecule has 2 rings (SSSR count). The zero-order chi connectivity index (χ0) is 15.4. The van der Waals surface area contributed by atoms with Crippen molar-refractivity contribution in [3.05, 3.63) is 33.8 Å². The van der Waals surface area contributed by atoms with Gasteiger partial charge in [-0.05, 0) is 38.7 Å². The van der Waals surface area contributed by atoms with Crippen LogP contribution < -0.4 is 5.32 Å². The lowest BCUT2D eigenvalue weighted by molar-refractivity contribution is 0.0876. The Kier molecular flexibility index (Phi) is 6.33. The molecule has 1 aromatic carbocycles. The summed E-state index contributed by atoms with van der Waals surface area (Å²) >= 11 is 12.7. The minimum absolute atomic E-state index is 0.198. The Hall–Kier alpha value is -0.320. The van der Waals surface area contributed by atoms with Gasteiger partial charge in [0.2, 0.25) is 0 Å². The molecule has 1 saturated heterocycles. The molecule has 2 unspecified atom stereocenters. The van der Waals surface area contributed by atoms with Crippen molar-refractivity contribution in [2.45, 2.75) is 25.4 Å². The van der Waals surface area contributed by atoms with Crippen LogP contribution in [0.2, 0.25) is 10.0 Å². The standard InChI is InChI=1S/C16H25Cl2N3/c1-4-8-19-16(12-6-5-7-13(17)15(12)18)14-11-20(2)9-10-21(14)3/h5-7,14,16,19H,4,8-11H2,1-3H3. The third-order valence-electron chi connectivity index (χ3n) is 4.21. The van der Waals surface area contributed by atoms with E-state index in [0.717, 1.165) is 38.2 Å². The van der Waals surface area contributed by atoms with Crippen LogP contribution in [0, 0.1) is 0 Å². The topological polar surface area (TPSA) is 18.5 Å². The molecule has 5 heteroatoms. The van der Waals surface area contributed by atoms with Crippen molar-refractivity contribution in [1.29, 1.82) is 0 Å². The molecule has 21 heavy (non-hydrogen) atoms. The zero-order valence-electron chi connectivity index (χ0n) is 13.1. The number of benzene rings is 1. The first-order valence-corrected chi connectivity index (χ1v) is 8.36. The zero-order valence-corrected chi connectivity index (χ0v) is 14.6. The molecule has 1 aromatic rings. The largest absolute Gasteiger partial charge is 0.309 e. The molecule has 1 fully saturated rings. The third-order valence-corrected chi connectivity index (χ3v) is 5.05. The second kappa shape index (κ2) is 7.80. The average molecular weight is 330 g/mol. The van der Waals surface area contributed by atoms with E-state index in [9.17, 15) is 0 Å². The number of halogens is 2. The molecule has 3 nitrogen and oxygen atoms in total. The Morgan fingerprint density at radius 2 is 2.05 bits per heavy atom. The van der Waals surface area contributed by atoms with Crippen LogP contribution in [0.25, 0.3) is 0 Å². The first-order valence-electron chi connectivity index (χ1n) is 7.60. The molecule has 1 heterocycles. The van der Waals surface area contributed by atoms with Crippen LogP contribution >= 0.6 is 23.2 Å². The maximum Gasteiger partial charge on any atom is 0.0640 e. The van der Waals surface area contributed by atoms with Gasteiger partial charge in [0.05, 0.1) is 16.1 Å². The molecule has 1 aliphatic rings. The molecular formula is C16H25Cl2N3. The van der Waals surface area contributed by atoms with E-state index in [1.165, 1.54) is 0 Å². The van der Waals surface area contributed by atoms with Gasteiger partial charge in [-0.3, -0.25) is 4.90 Å². The van der Waals surface area contributed by atoms with Crippen LogP contribution in [0.5, 0.6) is 0 Å². The molecule has 118 valence electrons. The van der Waals surface area contributed by atoms with Crippen molar-refractivity contribution in [3.63, 3.8) is 0 Å². The van der Waals surface area contributed by atoms with E-state index >= 15 is 0 Å². The highest BCUT2D eigenvalue weighted by Crippen LogP contribution is 2.33. The fourth-order valence-electron chi connectivity index (χ4n) is 2.92. The molecule has 1 aliphatic heterocycles. The molecule has 0 aliphatic carbocycles. The molecule has 2 atom stereocenters. The quantitative estimate of drug-likeness (QED) is 0.894. The van der Waals surface area contributed by atoms with Crippen LogP contribution in [-0.2, 0) is 0 Å². The number of hydrogen-bond donors (Lipinski definition) is 1.